The van der Waals surface area contributed by atoms with Crippen LogP contribution in [0.1, 0.15) is 30.7 Å². The second kappa shape index (κ2) is 8.26. The zero-order chi connectivity index (χ0) is 22.4. The predicted octanol–water partition coefficient (Wildman–Crippen LogP) is 2.84. The van der Waals surface area contributed by atoms with Crippen LogP contribution >= 0.6 is 11.6 Å². The number of fused-ring (bicyclic) bond motifs is 2. The van der Waals surface area contributed by atoms with Gasteiger partial charge in [-0.3, -0.25) is 13.9 Å². The minimum absolute atomic E-state index is 0.291. The number of aryl methyl sites for hydroxylation is 2. The molecule has 1 aromatic carbocycles. The lowest BCUT2D eigenvalue weighted by Gasteiger charge is -2.32. The summed E-state index contributed by atoms with van der Waals surface area (Å²) in [5.41, 5.74) is 2.80. The quantitative estimate of drug-likeness (QED) is 0.502. The zero-order valence-corrected chi connectivity index (χ0v) is 19.1. The Morgan fingerprint density at radius 3 is 2.69 bits per heavy atom. The molecular weight excluding hydrogens is 428 g/mol. The average Bonchev–Trinajstić information content (AvgIpc) is 3.41. The number of rotatable bonds is 5. The lowest BCUT2D eigenvalue weighted by Crippen LogP contribution is -2.37. The summed E-state index contributed by atoms with van der Waals surface area (Å²) >= 11 is 6.21. The van der Waals surface area contributed by atoms with Crippen LogP contribution in [-0.2, 0) is 20.6 Å². The second-order valence-corrected chi connectivity index (χ2v) is 9.16. The summed E-state index contributed by atoms with van der Waals surface area (Å²) in [6.45, 7) is 3.78. The van der Waals surface area contributed by atoms with Crippen LogP contribution in [0.2, 0.25) is 5.02 Å². The molecule has 1 N–H and O–H groups in total. The van der Waals surface area contributed by atoms with Crippen LogP contribution < -0.4 is 11.2 Å². The summed E-state index contributed by atoms with van der Waals surface area (Å²) in [6, 6.07) is 6.03. The maximum absolute atomic E-state index is 12.6. The lowest BCUT2D eigenvalue weighted by molar-refractivity contribution is 0.208. The fourth-order valence-corrected chi connectivity index (χ4v) is 5.12. The average molecular weight is 455 g/mol. The van der Waals surface area contributed by atoms with Gasteiger partial charge >= 0.3 is 5.69 Å². The number of H-pyrrole nitrogens is 1. The molecule has 0 radical (unpaired) electrons. The van der Waals surface area contributed by atoms with E-state index < -0.39 is 0 Å². The van der Waals surface area contributed by atoms with Crippen molar-refractivity contribution in [3.05, 3.63) is 62.1 Å². The Morgan fingerprint density at radius 2 is 1.91 bits per heavy atom. The van der Waals surface area contributed by atoms with Crippen molar-refractivity contribution in [2.45, 2.75) is 31.7 Å². The van der Waals surface area contributed by atoms with Gasteiger partial charge in [0.1, 0.15) is 0 Å². The molecule has 168 valence electrons. The largest absolute Gasteiger partial charge is 0.361 e. The van der Waals surface area contributed by atoms with Crippen LogP contribution in [0, 0.1) is 0 Å². The third kappa shape index (κ3) is 3.57. The zero-order valence-electron chi connectivity index (χ0n) is 18.3. The van der Waals surface area contributed by atoms with Crippen molar-refractivity contribution in [2.75, 3.05) is 19.6 Å². The number of hydrogen-bond acceptors (Lipinski definition) is 4. The number of piperidine rings is 1. The topological polar surface area (TPSA) is 80.8 Å². The molecule has 0 spiro atoms. The maximum atomic E-state index is 12.6. The molecule has 1 aliphatic rings. The summed E-state index contributed by atoms with van der Waals surface area (Å²) in [6.07, 6.45) is 6.97. The fraction of sp³-hybridized carbons (Fsp3) is 0.435. The molecule has 1 saturated heterocycles. The molecule has 0 amide bonds. The van der Waals surface area contributed by atoms with Gasteiger partial charge in [-0.15, -0.1) is 0 Å². The molecule has 4 heterocycles. The van der Waals surface area contributed by atoms with Crippen LogP contribution in [0.3, 0.4) is 0 Å². The lowest BCUT2D eigenvalue weighted by atomic mass is 9.89. The minimum atomic E-state index is -0.354. The first kappa shape index (κ1) is 21.0. The van der Waals surface area contributed by atoms with Crippen LogP contribution in [0.15, 0.2) is 40.3 Å². The molecule has 0 atom stereocenters. The standard InChI is InChI=1S/C23H27ClN6O2/c1-27-21-20(22(31)28(2)23(27)32)30(14-26-21)9-3-8-29-10-6-15(7-11-29)18-13-25-19-5-4-16(24)12-17(18)19/h4-5,12-15,25H,3,6-11H2,1-2H3. The van der Waals surface area contributed by atoms with Crippen molar-refractivity contribution in [1.29, 1.82) is 0 Å². The van der Waals surface area contributed by atoms with Crippen LogP contribution in [-0.4, -0.2) is 48.2 Å². The van der Waals surface area contributed by atoms with E-state index in [1.807, 2.05) is 16.7 Å². The molecule has 0 unspecified atom stereocenters. The van der Waals surface area contributed by atoms with Gasteiger partial charge in [0.15, 0.2) is 11.2 Å². The number of nitrogens with zero attached hydrogens (tertiary/aromatic N) is 5. The van der Waals surface area contributed by atoms with Gasteiger partial charge in [0.05, 0.1) is 6.33 Å². The summed E-state index contributed by atoms with van der Waals surface area (Å²) in [4.78, 5) is 34.8. The predicted molar refractivity (Wildman–Crippen MR) is 127 cm³/mol. The van der Waals surface area contributed by atoms with E-state index in [0.717, 1.165) is 54.0 Å². The molecule has 0 aliphatic carbocycles. The van der Waals surface area contributed by atoms with E-state index in [9.17, 15) is 9.59 Å². The number of aromatic nitrogens is 5. The van der Waals surface area contributed by atoms with E-state index in [1.54, 1.807) is 13.4 Å². The van der Waals surface area contributed by atoms with E-state index in [0.29, 0.717) is 23.6 Å². The molecule has 4 aromatic rings. The normalized spacial score (nSPS) is 15.8. The third-order valence-corrected chi connectivity index (χ3v) is 7.03. The van der Waals surface area contributed by atoms with Gasteiger partial charge in [0, 0.05) is 42.8 Å². The molecule has 9 heteroatoms. The van der Waals surface area contributed by atoms with E-state index in [2.05, 4.69) is 27.1 Å². The number of aromatic amines is 1. The molecule has 5 rings (SSSR count). The highest BCUT2D eigenvalue weighted by Crippen LogP contribution is 2.34. The Hall–Kier alpha value is -2.84. The van der Waals surface area contributed by atoms with Gasteiger partial charge < -0.3 is 14.5 Å². The van der Waals surface area contributed by atoms with Crippen molar-refractivity contribution in [2.24, 2.45) is 14.1 Å². The minimum Gasteiger partial charge on any atom is -0.361 e. The summed E-state index contributed by atoms with van der Waals surface area (Å²) in [7, 11) is 3.15. The monoisotopic (exact) mass is 454 g/mol. The molecule has 32 heavy (non-hydrogen) atoms. The van der Waals surface area contributed by atoms with E-state index in [-0.39, 0.29) is 11.2 Å². The van der Waals surface area contributed by atoms with Gasteiger partial charge in [0.2, 0.25) is 0 Å². The molecule has 8 nitrogen and oxygen atoms in total. The molecule has 1 fully saturated rings. The first-order valence-corrected chi connectivity index (χ1v) is 11.4. The van der Waals surface area contributed by atoms with Crippen LogP contribution in [0.5, 0.6) is 0 Å². The number of benzene rings is 1. The summed E-state index contributed by atoms with van der Waals surface area (Å²) in [5, 5.41) is 2.01. The number of nitrogens with one attached hydrogen (secondary N) is 1. The van der Waals surface area contributed by atoms with Gasteiger partial charge in [-0.1, -0.05) is 11.6 Å². The van der Waals surface area contributed by atoms with E-state index in [4.69, 9.17) is 11.6 Å². The Kier molecular flexibility index (Phi) is 5.43. The van der Waals surface area contributed by atoms with Crippen LogP contribution in [0.25, 0.3) is 22.1 Å². The smallest absolute Gasteiger partial charge is 0.332 e. The first-order valence-electron chi connectivity index (χ1n) is 11.0. The SMILES string of the molecule is Cn1c(=O)c2c(ncn2CCCN2CCC(c3c[nH]c4ccc(Cl)cc34)CC2)n(C)c1=O. The van der Waals surface area contributed by atoms with Gasteiger partial charge in [-0.05, 0) is 68.6 Å². The van der Waals surface area contributed by atoms with Gasteiger partial charge in [-0.25, -0.2) is 9.78 Å². The van der Waals surface area contributed by atoms with Gasteiger partial charge in [0.25, 0.3) is 5.56 Å². The third-order valence-electron chi connectivity index (χ3n) is 6.79. The molecular formula is C23H27ClN6O2. The van der Waals surface area contributed by atoms with Crippen molar-refractivity contribution in [3.63, 3.8) is 0 Å². The molecule has 0 saturated carbocycles. The Labute approximate surface area is 190 Å². The Balaban J connectivity index is 1.21. The van der Waals surface area contributed by atoms with Gasteiger partial charge in [-0.2, -0.15) is 0 Å². The highest BCUT2D eigenvalue weighted by molar-refractivity contribution is 6.31. The number of likely N-dealkylation sites (tertiary alicyclic amines) is 1. The highest BCUT2D eigenvalue weighted by Gasteiger charge is 2.23. The summed E-state index contributed by atoms with van der Waals surface area (Å²) < 4.78 is 4.44. The van der Waals surface area contributed by atoms with Crippen molar-refractivity contribution < 1.29 is 0 Å². The molecule has 3 aromatic heterocycles. The second-order valence-electron chi connectivity index (χ2n) is 8.72. The first-order chi connectivity index (χ1) is 15.4. The summed E-state index contributed by atoms with van der Waals surface area (Å²) in [5.74, 6) is 0.542. The van der Waals surface area contributed by atoms with Crippen LogP contribution in [0.4, 0.5) is 0 Å². The van der Waals surface area contributed by atoms with Crippen molar-refractivity contribution in [3.8, 4) is 0 Å². The van der Waals surface area contributed by atoms with E-state index >= 15 is 0 Å². The van der Waals surface area contributed by atoms with Crippen molar-refractivity contribution in [1.82, 2.24) is 28.6 Å². The molecule has 0 bridgehead atoms. The molecule has 1 aliphatic heterocycles. The number of hydrogen-bond donors (Lipinski definition) is 1. The Bertz CT molecular complexity index is 1400. The number of imidazole rings is 1. The number of halogens is 1. The highest BCUT2D eigenvalue weighted by atomic mass is 35.5. The van der Waals surface area contributed by atoms with E-state index in [1.165, 1.54) is 22.6 Å². The van der Waals surface area contributed by atoms with Crippen molar-refractivity contribution >= 4 is 33.7 Å². The fourth-order valence-electron chi connectivity index (χ4n) is 4.95. The maximum Gasteiger partial charge on any atom is 0.332 e. The Morgan fingerprint density at radius 1 is 1.12 bits per heavy atom.